The monoisotopic (exact) mass is 363 g/mol. The molecule has 1 atom stereocenters. The first-order chi connectivity index (χ1) is 12.1. The molecule has 0 aliphatic heterocycles. The van der Waals surface area contributed by atoms with E-state index < -0.39 is 12.0 Å². The summed E-state index contributed by atoms with van der Waals surface area (Å²) < 4.78 is 4.78. The number of ether oxygens (including phenoxy) is 1. The minimum absolute atomic E-state index is 0.000152. The second-order valence-electron chi connectivity index (χ2n) is 7.30. The van der Waals surface area contributed by atoms with E-state index in [0.29, 0.717) is 6.42 Å². The molecule has 0 saturated heterocycles. The fraction of sp³-hybridized carbons (Fsp3) is 0.526. The summed E-state index contributed by atoms with van der Waals surface area (Å²) in [6, 6.07) is 8.61. The van der Waals surface area contributed by atoms with Crippen molar-refractivity contribution in [2.75, 3.05) is 27.2 Å². The number of likely N-dealkylation sites (N-methyl/N-ethyl adjacent to an activating group) is 1. The van der Waals surface area contributed by atoms with Crippen LogP contribution in [0.3, 0.4) is 0 Å². The fourth-order valence-electron chi connectivity index (χ4n) is 2.43. The highest BCUT2D eigenvalue weighted by molar-refractivity contribution is 5.86. The summed E-state index contributed by atoms with van der Waals surface area (Å²) in [6.07, 6.45) is 0.341. The van der Waals surface area contributed by atoms with Crippen LogP contribution in [-0.2, 0) is 25.5 Å². The molecular weight excluding hydrogens is 334 g/mol. The first-order valence-electron chi connectivity index (χ1n) is 8.51. The molecule has 0 fully saturated rings. The molecule has 7 heteroatoms. The normalized spacial score (nSPS) is 12.4. The molecule has 0 heterocycles. The number of methoxy groups -OCH3 is 1. The van der Waals surface area contributed by atoms with Crippen LogP contribution in [0.2, 0.25) is 0 Å². The standard InChI is InChI=1S/C19H29N3O4/c1-19(2,3)21-17(24)13-22(4)12-16(23)20-15(18(25)26-5)11-14-9-7-6-8-10-14/h6-10,15H,11-13H2,1-5H3,(H,20,23)(H,21,24)/t15-/m0/s1. The van der Waals surface area contributed by atoms with Crippen molar-refractivity contribution in [3.05, 3.63) is 35.9 Å². The van der Waals surface area contributed by atoms with E-state index in [0.717, 1.165) is 5.56 Å². The molecule has 1 rings (SSSR count). The lowest BCUT2D eigenvalue weighted by Crippen LogP contribution is -2.49. The Bertz CT molecular complexity index is 611. The average molecular weight is 363 g/mol. The van der Waals surface area contributed by atoms with Crippen LogP contribution in [0.4, 0.5) is 0 Å². The number of hydrogen-bond donors (Lipinski definition) is 2. The van der Waals surface area contributed by atoms with Gasteiger partial charge in [-0.3, -0.25) is 14.5 Å². The maximum Gasteiger partial charge on any atom is 0.328 e. The zero-order valence-corrected chi connectivity index (χ0v) is 16.2. The number of carbonyl (C=O) groups excluding carboxylic acids is 3. The van der Waals surface area contributed by atoms with Crippen molar-refractivity contribution >= 4 is 17.8 Å². The quantitative estimate of drug-likeness (QED) is 0.665. The predicted octanol–water partition coefficient (Wildman–Crippen LogP) is 0.733. The van der Waals surface area contributed by atoms with E-state index >= 15 is 0 Å². The predicted molar refractivity (Wildman–Crippen MR) is 99.5 cm³/mol. The zero-order chi connectivity index (χ0) is 19.7. The summed E-state index contributed by atoms with van der Waals surface area (Å²) in [5, 5.41) is 5.52. The Morgan fingerprint density at radius 1 is 1.08 bits per heavy atom. The highest BCUT2D eigenvalue weighted by Gasteiger charge is 2.23. The molecule has 0 aliphatic rings. The third kappa shape index (κ3) is 8.62. The molecule has 1 aromatic rings. The Morgan fingerprint density at radius 3 is 2.19 bits per heavy atom. The number of nitrogens with zero attached hydrogens (tertiary/aromatic N) is 1. The van der Waals surface area contributed by atoms with Crippen LogP contribution in [0.1, 0.15) is 26.3 Å². The van der Waals surface area contributed by atoms with Gasteiger partial charge in [-0.25, -0.2) is 4.79 Å². The summed E-state index contributed by atoms with van der Waals surface area (Å²) in [4.78, 5) is 37.7. The zero-order valence-electron chi connectivity index (χ0n) is 16.2. The van der Waals surface area contributed by atoms with Crippen LogP contribution in [-0.4, -0.2) is 61.5 Å². The maximum atomic E-state index is 12.2. The Hall–Kier alpha value is -2.41. The smallest absolute Gasteiger partial charge is 0.328 e. The van der Waals surface area contributed by atoms with Crippen molar-refractivity contribution in [2.24, 2.45) is 0 Å². The molecule has 0 aliphatic carbocycles. The van der Waals surface area contributed by atoms with Crippen molar-refractivity contribution in [1.29, 1.82) is 0 Å². The lowest BCUT2D eigenvalue weighted by atomic mass is 10.1. The molecule has 0 unspecified atom stereocenters. The van der Waals surface area contributed by atoms with E-state index in [1.165, 1.54) is 7.11 Å². The van der Waals surface area contributed by atoms with Gasteiger partial charge < -0.3 is 15.4 Å². The van der Waals surface area contributed by atoms with Gasteiger partial charge in [0.1, 0.15) is 6.04 Å². The molecule has 1 aromatic carbocycles. The van der Waals surface area contributed by atoms with Crippen LogP contribution in [0.15, 0.2) is 30.3 Å². The second-order valence-corrected chi connectivity index (χ2v) is 7.30. The summed E-state index contributed by atoms with van der Waals surface area (Å²) in [5.41, 5.74) is 0.590. The highest BCUT2D eigenvalue weighted by atomic mass is 16.5. The molecule has 144 valence electrons. The van der Waals surface area contributed by atoms with E-state index in [-0.39, 0.29) is 30.4 Å². The lowest BCUT2D eigenvalue weighted by molar-refractivity contribution is -0.145. The van der Waals surface area contributed by atoms with Gasteiger partial charge >= 0.3 is 5.97 Å². The van der Waals surface area contributed by atoms with Gasteiger partial charge in [0.2, 0.25) is 11.8 Å². The molecule has 7 nitrogen and oxygen atoms in total. The lowest BCUT2D eigenvalue weighted by Gasteiger charge is -2.23. The number of rotatable bonds is 8. The van der Waals surface area contributed by atoms with E-state index in [2.05, 4.69) is 10.6 Å². The molecule has 0 saturated carbocycles. The third-order valence-corrected chi connectivity index (χ3v) is 3.45. The Balaban J connectivity index is 2.58. The molecule has 0 aromatic heterocycles. The number of esters is 1. The first-order valence-corrected chi connectivity index (χ1v) is 8.51. The maximum absolute atomic E-state index is 12.2. The summed E-state index contributed by atoms with van der Waals surface area (Å²) in [6.45, 7) is 5.76. The van der Waals surface area contributed by atoms with Crippen molar-refractivity contribution in [2.45, 2.75) is 38.8 Å². The van der Waals surface area contributed by atoms with Gasteiger partial charge in [0.05, 0.1) is 20.2 Å². The van der Waals surface area contributed by atoms with E-state index in [4.69, 9.17) is 4.74 Å². The summed E-state index contributed by atoms with van der Waals surface area (Å²) in [5.74, 6) is -1.01. The SMILES string of the molecule is COC(=O)[C@H](Cc1ccccc1)NC(=O)CN(C)CC(=O)NC(C)(C)C. The number of benzene rings is 1. The third-order valence-electron chi connectivity index (χ3n) is 3.45. The van der Waals surface area contributed by atoms with E-state index in [1.807, 2.05) is 51.1 Å². The van der Waals surface area contributed by atoms with Gasteiger partial charge in [-0.1, -0.05) is 30.3 Å². The van der Waals surface area contributed by atoms with Gasteiger partial charge in [-0.2, -0.15) is 0 Å². The molecule has 0 bridgehead atoms. The van der Waals surface area contributed by atoms with Crippen LogP contribution in [0.5, 0.6) is 0 Å². The largest absolute Gasteiger partial charge is 0.467 e. The van der Waals surface area contributed by atoms with Crippen LogP contribution >= 0.6 is 0 Å². The van der Waals surface area contributed by atoms with Crippen LogP contribution in [0.25, 0.3) is 0 Å². The van der Waals surface area contributed by atoms with Crippen molar-refractivity contribution < 1.29 is 19.1 Å². The number of hydrogen-bond acceptors (Lipinski definition) is 5. The van der Waals surface area contributed by atoms with Crippen molar-refractivity contribution in [3.63, 3.8) is 0 Å². The molecule has 26 heavy (non-hydrogen) atoms. The number of amides is 2. The van der Waals surface area contributed by atoms with Crippen LogP contribution < -0.4 is 10.6 Å². The van der Waals surface area contributed by atoms with Gasteiger partial charge in [-0.15, -0.1) is 0 Å². The first kappa shape index (κ1) is 21.6. The van der Waals surface area contributed by atoms with E-state index in [9.17, 15) is 14.4 Å². The molecule has 2 N–H and O–H groups in total. The summed E-state index contributed by atoms with van der Waals surface area (Å²) in [7, 11) is 2.96. The number of nitrogens with one attached hydrogen (secondary N) is 2. The number of carbonyl (C=O) groups is 3. The fourth-order valence-corrected chi connectivity index (χ4v) is 2.43. The van der Waals surface area contributed by atoms with Crippen LogP contribution in [0, 0.1) is 0 Å². The van der Waals surface area contributed by atoms with Gasteiger partial charge in [0, 0.05) is 12.0 Å². The highest BCUT2D eigenvalue weighted by Crippen LogP contribution is 2.05. The van der Waals surface area contributed by atoms with E-state index in [1.54, 1.807) is 11.9 Å². The average Bonchev–Trinajstić information content (AvgIpc) is 2.52. The second kappa shape index (κ2) is 9.91. The molecular formula is C19H29N3O4. The van der Waals surface area contributed by atoms with Crippen molar-refractivity contribution in [1.82, 2.24) is 15.5 Å². The van der Waals surface area contributed by atoms with Crippen molar-refractivity contribution in [3.8, 4) is 0 Å². The Morgan fingerprint density at radius 2 is 1.65 bits per heavy atom. The minimum Gasteiger partial charge on any atom is -0.467 e. The minimum atomic E-state index is -0.772. The molecule has 2 amide bonds. The van der Waals surface area contributed by atoms with Gasteiger partial charge in [-0.05, 0) is 33.4 Å². The molecule has 0 radical (unpaired) electrons. The van der Waals surface area contributed by atoms with Gasteiger partial charge in [0.15, 0.2) is 0 Å². The van der Waals surface area contributed by atoms with Gasteiger partial charge in [0.25, 0.3) is 0 Å². The topological polar surface area (TPSA) is 87.7 Å². The Labute approximate surface area is 155 Å². The molecule has 0 spiro atoms. The summed E-state index contributed by atoms with van der Waals surface area (Å²) >= 11 is 0. The Kier molecular flexibility index (Phi) is 8.25.